The number of nitrogens with one attached hydrogen (secondary N) is 1. The molecule has 4 nitrogen and oxygen atoms in total. The van der Waals surface area contributed by atoms with Crippen LogP contribution in [0.15, 0.2) is 24.4 Å². The summed E-state index contributed by atoms with van der Waals surface area (Å²) in [4.78, 5) is 6.90. The Morgan fingerprint density at radius 1 is 1.19 bits per heavy atom. The molecule has 0 amide bonds. The fourth-order valence-electron chi connectivity index (χ4n) is 2.65. The van der Waals surface area contributed by atoms with Gasteiger partial charge in [0.25, 0.3) is 0 Å². The van der Waals surface area contributed by atoms with E-state index in [4.69, 9.17) is 5.73 Å². The minimum Gasteiger partial charge on any atom is -0.398 e. The highest BCUT2D eigenvalue weighted by Crippen LogP contribution is 2.27. The molecule has 0 fully saturated rings. The van der Waals surface area contributed by atoms with Gasteiger partial charge in [-0.2, -0.15) is 0 Å². The first kappa shape index (κ1) is 15.6. The third kappa shape index (κ3) is 3.85. The molecule has 0 aliphatic carbocycles. The van der Waals surface area contributed by atoms with Crippen molar-refractivity contribution < 1.29 is 0 Å². The molecule has 4 heteroatoms. The molecule has 0 bridgehead atoms. The molecule has 1 aromatic carbocycles. The maximum Gasteiger partial charge on any atom is 0.133 e. The first-order chi connectivity index (χ1) is 10.2. The predicted molar refractivity (Wildman–Crippen MR) is 91.8 cm³/mol. The van der Waals surface area contributed by atoms with Gasteiger partial charge in [0.05, 0.1) is 0 Å². The van der Waals surface area contributed by atoms with E-state index in [2.05, 4.69) is 42.0 Å². The number of aryl methyl sites for hydroxylation is 1. The summed E-state index contributed by atoms with van der Waals surface area (Å²) in [5, 5.41) is 5.63. The highest BCUT2D eigenvalue weighted by Gasteiger charge is 2.06. The van der Waals surface area contributed by atoms with Gasteiger partial charge in [0.1, 0.15) is 5.82 Å². The second-order valence-corrected chi connectivity index (χ2v) is 5.42. The maximum atomic E-state index is 6.09. The van der Waals surface area contributed by atoms with Crippen molar-refractivity contribution in [2.45, 2.75) is 27.2 Å². The Morgan fingerprint density at radius 2 is 1.95 bits per heavy atom. The summed E-state index contributed by atoms with van der Waals surface area (Å²) < 4.78 is 0. The summed E-state index contributed by atoms with van der Waals surface area (Å²) in [5.41, 5.74) is 8.08. The monoisotopic (exact) mass is 286 g/mol. The van der Waals surface area contributed by atoms with Crippen LogP contribution >= 0.6 is 0 Å². The summed E-state index contributed by atoms with van der Waals surface area (Å²) in [5.74, 6) is 0.933. The molecule has 21 heavy (non-hydrogen) atoms. The molecule has 1 aromatic heterocycles. The van der Waals surface area contributed by atoms with Crippen molar-refractivity contribution >= 4 is 22.3 Å². The predicted octanol–water partition coefficient (Wildman–Crippen LogP) is 3.27. The number of aromatic nitrogens is 1. The lowest BCUT2D eigenvalue weighted by atomic mass is 10.1. The number of nitrogen functional groups attached to an aromatic ring is 1. The Labute approximate surface area is 127 Å². The van der Waals surface area contributed by atoms with Crippen LogP contribution in [0.1, 0.15) is 25.8 Å². The summed E-state index contributed by atoms with van der Waals surface area (Å²) in [6.07, 6.45) is 2.93. The van der Waals surface area contributed by atoms with Crippen LogP contribution in [0.25, 0.3) is 10.8 Å². The summed E-state index contributed by atoms with van der Waals surface area (Å²) in [7, 11) is 0. The number of hydrogen-bond acceptors (Lipinski definition) is 4. The number of fused-ring (bicyclic) bond motifs is 1. The smallest absolute Gasteiger partial charge is 0.133 e. The van der Waals surface area contributed by atoms with E-state index in [0.717, 1.165) is 54.9 Å². The molecule has 0 aliphatic heterocycles. The van der Waals surface area contributed by atoms with Gasteiger partial charge in [0.2, 0.25) is 0 Å². The number of hydrogen-bond donors (Lipinski definition) is 2. The van der Waals surface area contributed by atoms with Crippen LogP contribution in [-0.2, 0) is 0 Å². The van der Waals surface area contributed by atoms with E-state index in [1.807, 2.05) is 18.3 Å². The molecule has 1 heterocycles. The average Bonchev–Trinajstić information content (AvgIpc) is 2.48. The minimum absolute atomic E-state index is 0.818. The van der Waals surface area contributed by atoms with Crippen LogP contribution in [0.4, 0.5) is 11.5 Å². The van der Waals surface area contributed by atoms with Crippen molar-refractivity contribution in [1.82, 2.24) is 9.88 Å². The number of nitrogens with two attached hydrogens (primary N) is 1. The Hall–Kier alpha value is -1.81. The lowest BCUT2D eigenvalue weighted by molar-refractivity contribution is 0.303. The van der Waals surface area contributed by atoms with Crippen molar-refractivity contribution in [3.8, 4) is 0 Å². The topological polar surface area (TPSA) is 54.2 Å². The van der Waals surface area contributed by atoms with Crippen molar-refractivity contribution in [2.75, 3.05) is 37.2 Å². The Balaban J connectivity index is 2.05. The molecule has 2 aromatic rings. The standard InChI is InChI=1S/C17H26N4/c1-4-21(5-2)10-6-8-19-17-15-11-13(3)12-16(18)14(15)7-9-20-17/h7,9,11-12H,4-6,8,10,18H2,1-3H3,(H,19,20). The van der Waals surface area contributed by atoms with Crippen molar-refractivity contribution in [3.63, 3.8) is 0 Å². The van der Waals surface area contributed by atoms with Gasteiger partial charge < -0.3 is 16.0 Å². The zero-order valence-corrected chi connectivity index (χ0v) is 13.3. The van der Waals surface area contributed by atoms with Crippen LogP contribution in [0.3, 0.4) is 0 Å². The number of anilines is 2. The molecule has 0 saturated carbocycles. The van der Waals surface area contributed by atoms with Crippen LogP contribution in [-0.4, -0.2) is 36.1 Å². The van der Waals surface area contributed by atoms with E-state index < -0.39 is 0 Å². The van der Waals surface area contributed by atoms with Crippen LogP contribution in [0, 0.1) is 6.92 Å². The van der Waals surface area contributed by atoms with Crippen molar-refractivity contribution in [2.24, 2.45) is 0 Å². The summed E-state index contributed by atoms with van der Waals surface area (Å²) >= 11 is 0. The van der Waals surface area contributed by atoms with E-state index in [0.29, 0.717) is 0 Å². The highest BCUT2D eigenvalue weighted by atomic mass is 15.1. The van der Waals surface area contributed by atoms with Crippen LogP contribution in [0.2, 0.25) is 0 Å². The highest BCUT2D eigenvalue weighted by molar-refractivity contribution is 5.99. The average molecular weight is 286 g/mol. The Morgan fingerprint density at radius 3 is 2.67 bits per heavy atom. The third-order valence-electron chi connectivity index (χ3n) is 3.89. The van der Waals surface area contributed by atoms with Gasteiger partial charge in [-0.3, -0.25) is 0 Å². The van der Waals surface area contributed by atoms with E-state index in [1.165, 1.54) is 5.56 Å². The fourth-order valence-corrected chi connectivity index (χ4v) is 2.65. The molecule has 3 N–H and O–H groups in total. The second kappa shape index (κ2) is 7.27. The van der Waals surface area contributed by atoms with Gasteiger partial charge >= 0.3 is 0 Å². The number of pyridine rings is 1. The molecule has 114 valence electrons. The number of benzene rings is 1. The lowest BCUT2D eigenvalue weighted by Gasteiger charge is -2.18. The van der Waals surface area contributed by atoms with Gasteiger partial charge in [0, 0.05) is 29.2 Å². The quantitative estimate of drug-likeness (QED) is 0.606. The minimum atomic E-state index is 0.818. The molecule has 0 radical (unpaired) electrons. The van der Waals surface area contributed by atoms with E-state index >= 15 is 0 Å². The van der Waals surface area contributed by atoms with Crippen molar-refractivity contribution in [1.29, 1.82) is 0 Å². The van der Waals surface area contributed by atoms with Gasteiger partial charge in [0.15, 0.2) is 0 Å². The molecule has 0 unspecified atom stereocenters. The molecular formula is C17H26N4. The number of rotatable bonds is 7. The first-order valence-corrected chi connectivity index (χ1v) is 7.76. The lowest BCUT2D eigenvalue weighted by Crippen LogP contribution is -2.25. The Bertz CT molecular complexity index is 591. The van der Waals surface area contributed by atoms with Gasteiger partial charge in [-0.1, -0.05) is 13.8 Å². The molecule has 0 spiro atoms. The first-order valence-electron chi connectivity index (χ1n) is 7.76. The molecule has 0 saturated heterocycles. The summed E-state index contributed by atoms with van der Waals surface area (Å²) in [6, 6.07) is 6.13. The van der Waals surface area contributed by atoms with Crippen LogP contribution in [0.5, 0.6) is 0 Å². The van der Waals surface area contributed by atoms with Crippen molar-refractivity contribution in [3.05, 3.63) is 30.0 Å². The molecule has 2 rings (SSSR count). The fraction of sp³-hybridized carbons (Fsp3) is 0.471. The van der Waals surface area contributed by atoms with Gasteiger partial charge in [-0.15, -0.1) is 0 Å². The molecular weight excluding hydrogens is 260 g/mol. The van der Waals surface area contributed by atoms with E-state index in [9.17, 15) is 0 Å². The summed E-state index contributed by atoms with van der Waals surface area (Å²) in [6.45, 7) is 10.7. The van der Waals surface area contributed by atoms with Gasteiger partial charge in [-0.25, -0.2) is 4.98 Å². The molecule has 0 atom stereocenters. The van der Waals surface area contributed by atoms with E-state index in [-0.39, 0.29) is 0 Å². The van der Waals surface area contributed by atoms with Gasteiger partial charge in [-0.05, 0) is 56.7 Å². The van der Waals surface area contributed by atoms with E-state index in [1.54, 1.807) is 0 Å². The maximum absolute atomic E-state index is 6.09. The zero-order chi connectivity index (χ0) is 15.2. The zero-order valence-electron chi connectivity index (χ0n) is 13.3. The third-order valence-corrected chi connectivity index (χ3v) is 3.89. The Kier molecular flexibility index (Phi) is 5.39. The SMILES string of the molecule is CCN(CC)CCCNc1nccc2c(N)cc(C)cc12. The second-order valence-electron chi connectivity index (χ2n) is 5.42. The van der Waals surface area contributed by atoms with Crippen LogP contribution < -0.4 is 11.1 Å². The molecule has 0 aliphatic rings. The normalized spacial score (nSPS) is 11.2. The largest absolute Gasteiger partial charge is 0.398 e. The number of nitrogens with zero attached hydrogens (tertiary/aromatic N) is 2.